The summed E-state index contributed by atoms with van der Waals surface area (Å²) in [6.07, 6.45) is 0. The van der Waals surface area contributed by atoms with Gasteiger partial charge < -0.3 is 16.0 Å². The van der Waals surface area contributed by atoms with Crippen molar-refractivity contribution in [3.8, 4) is 0 Å². The van der Waals surface area contributed by atoms with Crippen LogP contribution in [0.2, 0.25) is 5.02 Å². The summed E-state index contributed by atoms with van der Waals surface area (Å²) in [5.74, 6) is 0.720. The number of nitrogen functional groups attached to an aromatic ring is 1. The number of hydrogen-bond acceptors (Lipinski definition) is 3. The number of rotatable bonds is 3. The molecule has 4 nitrogen and oxygen atoms in total. The molecule has 0 amide bonds. The highest BCUT2D eigenvalue weighted by molar-refractivity contribution is 6.30. The molecule has 0 aliphatic rings. The van der Waals surface area contributed by atoms with Crippen LogP contribution in [-0.4, -0.2) is 9.97 Å². The maximum absolute atomic E-state index is 6.01. The first-order chi connectivity index (χ1) is 9.61. The van der Waals surface area contributed by atoms with Gasteiger partial charge in [0.1, 0.15) is 0 Å². The summed E-state index contributed by atoms with van der Waals surface area (Å²) in [6.45, 7) is 2.06. The Morgan fingerprint density at radius 1 is 1.25 bits per heavy atom. The van der Waals surface area contributed by atoms with E-state index in [0.29, 0.717) is 0 Å². The number of H-pyrrole nitrogens is 1. The Bertz CT molecular complexity index is 750. The molecule has 0 radical (unpaired) electrons. The predicted molar refractivity (Wildman–Crippen MR) is 84.0 cm³/mol. The first-order valence-electron chi connectivity index (χ1n) is 6.39. The molecule has 0 bridgehead atoms. The molecule has 2 aromatic carbocycles. The van der Waals surface area contributed by atoms with Crippen molar-refractivity contribution in [1.29, 1.82) is 0 Å². The van der Waals surface area contributed by atoms with Gasteiger partial charge in [0.05, 0.1) is 17.1 Å². The molecule has 5 heteroatoms. The lowest BCUT2D eigenvalue weighted by Crippen LogP contribution is -2.07. The van der Waals surface area contributed by atoms with E-state index < -0.39 is 0 Å². The van der Waals surface area contributed by atoms with Gasteiger partial charge in [-0.15, -0.1) is 0 Å². The van der Waals surface area contributed by atoms with Crippen LogP contribution in [0.15, 0.2) is 42.5 Å². The molecule has 102 valence electrons. The Balaban J connectivity index is 1.85. The number of anilines is 2. The number of nitrogens with one attached hydrogen (secondary N) is 2. The number of aromatic nitrogens is 2. The number of nitrogens with two attached hydrogens (primary N) is 1. The van der Waals surface area contributed by atoms with Gasteiger partial charge in [0, 0.05) is 10.7 Å². The predicted octanol–water partition coefficient (Wildman–Crippen LogP) is 3.97. The largest absolute Gasteiger partial charge is 0.399 e. The summed E-state index contributed by atoms with van der Waals surface area (Å²) in [6, 6.07) is 13.5. The van der Waals surface area contributed by atoms with Crippen molar-refractivity contribution < 1.29 is 0 Å². The van der Waals surface area contributed by atoms with Crippen LogP contribution in [0.4, 0.5) is 11.6 Å². The number of fused-ring (bicyclic) bond motifs is 1. The van der Waals surface area contributed by atoms with Crippen molar-refractivity contribution in [3.05, 3.63) is 53.1 Å². The lowest BCUT2D eigenvalue weighted by atomic mass is 10.1. The van der Waals surface area contributed by atoms with E-state index in [2.05, 4.69) is 22.2 Å². The van der Waals surface area contributed by atoms with E-state index >= 15 is 0 Å². The minimum absolute atomic E-state index is 0.103. The summed E-state index contributed by atoms with van der Waals surface area (Å²) in [4.78, 5) is 7.70. The van der Waals surface area contributed by atoms with E-state index in [9.17, 15) is 0 Å². The molecule has 4 N–H and O–H groups in total. The molecular weight excluding hydrogens is 272 g/mol. The molecule has 3 aromatic rings. The van der Waals surface area contributed by atoms with E-state index in [4.69, 9.17) is 17.3 Å². The average molecular weight is 287 g/mol. The zero-order chi connectivity index (χ0) is 14.1. The van der Waals surface area contributed by atoms with E-state index in [1.54, 1.807) is 0 Å². The molecule has 1 atom stereocenters. The normalized spacial score (nSPS) is 12.5. The first-order valence-corrected chi connectivity index (χ1v) is 6.77. The van der Waals surface area contributed by atoms with Crippen LogP contribution in [0.25, 0.3) is 11.0 Å². The topological polar surface area (TPSA) is 66.7 Å². The van der Waals surface area contributed by atoms with E-state index in [0.717, 1.165) is 33.3 Å². The highest BCUT2D eigenvalue weighted by Crippen LogP contribution is 2.23. The van der Waals surface area contributed by atoms with E-state index in [-0.39, 0.29) is 6.04 Å². The number of halogens is 1. The number of hydrogen-bond donors (Lipinski definition) is 3. The first kappa shape index (κ1) is 12.8. The Morgan fingerprint density at radius 3 is 2.90 bits per heavy atom. The second-order valence-corrected chi connectivity index (χ2v) is 5.22. The maximum atomic E-state index is 6.01. The van der Waals surface area contributed by atoms with Crippen molar-refractivity contribution in [2.24, 2.45) is 0 Å². The van der Waals surface area contributed by atoms with Gasteiger partial charge in [-0.25, -0.2) is 4.98 Å². The molecule has 3 rings (SSSR count). The third kappa shape index (κ3) is 2.56. The maximum Gasteiger partial charge on any atom is 0.201 e. The molecular formula is C15H15ClN4. The second-order valence-electron chi connectivity index (χ2n) is 4.78. The van der Waals surface area contributed by atoms with E-state index in [1.807, 2.05) is 42.5 Å². The van der Waals surface area contributed by atoms with Crippen LogP contribution < -0.4 is 11.1 Å². The van der Waals surface area contributed by atoms with Gasteiger partial charge in [0.2, 0.25) is 5.95 Å². The summed E-state index contributed by atoms with van der Waals surface area (Å²) in [5, 5.41) is 4.06. The summed E-state index contributed by atoms with van der Waals surface area (Å²) in [7, 11) is 0. The quantitative estimate of drug-likeness (QED) is 0.638. The van der Waals surface area contributed by atoms with Crippen LogP contribution in [-0.2, 0) is 0 Å². The number of nitrogens with zero attached hydrogens (tertiary/aromatic N) is 1. The summed E-state index contributed by atoms with van der Waals surface area (Å²) < 4.78 is 0. The van der Waals surface area contributed by atoms with Crippen LogP contribution in [0.3, 0.4) is 0 Å². The van der Waals surface area contributed by atoms with Crippen molar-refractivity contribution in [2.45, 2.75) is 13.0 Å². The Morgan fingerprint density at radius 2 is 2.10 bits per heavy atom. The summed E-state index contributed by atoms with van der Waals surface area (Å²) >= 11 is 6.01. The highest BCUT2D eigenvalue weighted by Gasteiger charge is 2.09. The molecule has 0 saturated heterocycles. The minimum Gasteiger partial charge on any atom is -0.399 e. The molecule has 1 aromatic heterocycles. The van der Waals surface area contributed by atoms with Crippen molar-refractivity contribution in [1.82, 2.24) is 9.97 Å². The van der Waals surface area contributed by atoms with Crippen molar-refractivity contribution in [2.75, 3.05) is 11.1 Å². The zero-order valence-corrected chi connectivity index (χ0v) is 11.8. The standard InChI is InChI=1S/C15H15ClN4/c1-9(10-3-2-4-11(16)7-10)18-15-19-13-6-5-12(17)8-14(13)20-15/h2-9H,17H2,1H3,(H2,18,19,20). The van der Waals surface area contributed by atoms with Crippen molar-refractivity contribution >= 4 is 34.3 Å². The Hall–Kier alpha value is -2.20. The molecule has 0 aliphatic carbocycles. The highest BCUT2D eigenvalue weighted by atomic mass is 35.5. The van der Waals surface area contributed by atoms with Crippen LogP contribution in [0, 0.1) is 0 Å². The van der Waals surface area contributed by atoms with Gasteiger partial charge in [-0.05, 0) is 42.8 Å². The Kier molecular flexibility index (Phi) is 3.24. The van der Waals surface area contributed by atoms with E-state index in [1.165, 1.54) is 0 Å². The lowest BCUT2D eigenvalue weighted by Gasteiger charge is -2.13. The van der Waals surface area contributed by atoms with Gasteiger partial charge in [0.25, 0.3) is 0 Å². The Labute approximate surface area is 122 Å². The molecule has 1 unspecified atom stereocenters. The summed E-state index contributed by atoms with van der Waals surface area (Å²) in [5.41, 5.74) is 9.40. The fourth-order valence-corrected chi connectivity index (χ4v) is 2.36. The number of benzene rings is 2. The fraction of sp³-hybridized carbons (Fsp3) is 0.133. The number of aromatic amines is 1. The second kappa shape index (κ2) is 5.06. The van der Waals surface area contributed by atoms with Gasteiger partial charge in [-0.1, -0.05) is 23.7 Å². The third-order valence-corrected chi connectivity index (χ3v) is 3.44. The number of imidazole rings is 1. The zero-order valence-electron chi connectivity index (χ0n) is 11.0. The SMILES string of the molecule is CC(Nc1nc2ccc(N)cc2[nH]1)c1cccc(Cl)c1. The van der Waals surface area contributed by atoms with Gasteiger partial charge in [-0.2, -0.15) is 0 Å². The monoisotopic (exact) mass is 286 g/mol. The molecule has 0 fully saturated rings. The van der Waals surface area contributed by atoms with Gasteiger partial charge >= 0.3 is 0 Å². The minimum atomic E-state index is 0.103. The molecule has 0 spiro atoms. The van der Waals surface area contributed by atoms with Crippen LogP contribution in [0.1, 0.15) is 18.5 Å². The van der Waals surface area contributed by atoms with Gasteiger partial charge in [-0.3, -0.25) is 0 Å². The van der Waals surface area contributed by atoms with Gasteiger partial charge in [0.15, 0.2) is 0 Å². The van der Waals surface area contributed by atoms with Crippen LogP contribution >= 0.6 is 11.6 Å². The smallest absolute Gasteiger partial charge is 0.201 e. The van der Waals surface area contributed by atoms with Crippen molar-refractivity contribution in [3.63, 3.8) is 0 Å². The third-order valence-electron chi connectivity index (χ3n) is 3.21. The molecule has 0 aliphatic heterocycles. The fourth-order valence-electron chi connectivity index (χ4n) is 2.16. The molecule has 20 heavy (non-hydrogen) atoms. The lowest BCUT2D eigenvalue weighted by molar-refractivity contribution is 0.869. The molecule has 1 heterocycles. The molecule has 0 saturated carbocycles. The van der Waals surface area contributed by atoms with Crippen LogP contribution in [0.5, 0.6) is 0 Å². The average Bonchev–Trinajstić information content (AvgIpc) is 2.80.